The van der Waals surface area contributed by atoms with Crippen molar-refractivity contribution in [1.82, 2.24) is 0 Å². The van der Waals surface area contributed by atoms with Crippen molar-refractivity contribution in [3.05, 3.63) is 192 Å². The van der Waals surface area contributed by atoms with Crippen molar-refractivity contribution in [1.29, 1.82) is 0 Å². The summed E-state index contributed by atoms with van der Waals surface area (Å²) in [5.41, 5.74) is 16.2. The zero-order valence-electron chi connectivity index (χ0n) is 33.2. The Balaban J connectivity index is 1.20. The predicted octanol–water partition coefficient (Wildman–Crippen LogP) is 16.0. The second-order valence-corrected chi connectivity index (χ2v) is 17.9. The van der Waals surface area contributed by atoms with Crippen molar-refractivity contribution in [3.8, 4) is 44.5 Å². The third-order valence-electron chi connectivity index (χ3n) is 14.4. The summed E-state index contributed by atoms with van der Waals surface area (Å²) in [6, 6.07) is 64.9. The summed E-state index contributed by atoms with van der Waals surface area (Å²) in [7, 11) is 0. The van der Waals surface area contributed by atoms with E-state index in [1.165, 1.54) is 131 Å². The summed E-state index contributed by atoms with van der Waals surface area (Å²) in [6.07, 6.45) is 0. The van der Waals surface area contributed by atoms with Gasteiger partial charge in [-0.15, -0.1) is 0 Å². The van der Waals surface area contributed by atoms with E-state index >= 15 is 0 Å². The molecule has 0 amide bonds. The summed E-state index contributed by atoms with van der Waals surface area (Å²) in [5, 5.41) is 15.8. The Hall–Kier alpha value is -6.76. The fourth-order valence-electron chi connectivity index (χ4n) is 11.7. The maximum atomic E-state index is 2.58. The van der Waals surface area contributed by atoms with Gasteiger partial charge in [0.1, 0.15) is 0 Å². The van der Waals surface area contributed by atoms with Gasteiger partial charge in [-0.1, -0.05) is 191 Å². The Bertz CT molecular complexity index is 3520. The molecule has 2 aliphatic carbocycles. The van der Waals surface area contributed by atoms with Gasteiger partial charge in [-0.25, -0.2) is 0 Å². The van der Waals surface area contributed by atoms with Gasteiger partial charge in [-0.2, -0.15) is 0 Å². The molecule has 0 saturated heterocycles. The Labute approximate surface area is 338 Å². The molecule has 0 unspecified atom stereocenters. The van der Waals surface area contributed by atoms with Crippen LogP contribution in [0.15, 0.2) is 170 Å². The summed E-state index contributed by atoms with van der Waals surface area (Å²) < 4.78 is 0. The highest BCUT2D eigenvalue weighted by molar-refractivity contribution is 6.31. The van der Waals surface area contributed by atoms with Crippen molar-refractivity contribution in [2.75, 3.05) is 0 Å². The van der Waals surface area contributed by atoms with Gasteiger partial charge >= 0.3 is 0 Å². The standard InChI is InChI=1S/C58H40/c1-57(2)46-22-11-9-20-43(46)54-48(57)31-30-42-45(32-49-55(56(42)54)44-21-10-12-23-47(44)58(49,3)4)53-38-18-7-5-16-36(38)52(37-17-6-8-19-39(37)53)41-29-27-35-25-24-33-14-13-15-34-26-28-40(41)51(35)50(33)34/h5-32H,1-4H3. The van der Waals surface area contributed by atoms with E-state index in [2.05, 4.69) is 198 Å². The lowest BCUT2D eigenvalue weighted by Crippen LogP contribution is -2.15. The maximum Gasteiger partial charge on any atom is 0.0159 e. The van der Waals surface area contributed by atoms with Crippen molar-refractivity contribution in [3.63, 3.8) is 0 Å². The number of rotatable bonds is 2. The lowest BCUT2D eigenvalue weighted by Gasteiger charge is -2.26. The third-order valence-corrected chi connectivity index (χ3v) is 14.4. The van der Waals surface area contributed by atoms with Crippen LogP contribution in [0.4, 0.5) is 0 Å². The first-order valence-corrected chi connectivity index (χ1v) is 20.8. The first-order chi connectivity index (χ1) is 28.3. The molecule has 13 rings (SSSR count). The second-order valence-electron chi connectivity index (χ2n) is 17.9. The van der Waals surface area contributed by atoms with Gasteiger partial charge in [0, 0.05) is 10.8 Å². The van der Waals surface area contributed by atoms with Crippen LogP contribution < -0.4 is 0 Å². The molecule has 0 heteroatoms. The fraction of sp³-hybridized carbons (Fsp3) is 0.103. The second kappa shape index (κ2) is 11.0. The Morgan fingerprint density at radius 2 is 0.707 bits per heavy atom. The van der Waals surface area contributed by atoms with E-state index in [9.17, 15) is 0 Å². The van der Waals surface area contributed by atoms with E-state index in [0.717, 1.165) is 0 Å². The first kappa shape index (κ1) is 32.3. The van der Waals surface area contributed by atoms with Crippen molar-refractivity contribution in [2.24, 2.45) is 0 Å². The minimum atomic E-state index is -0.168. The molecule has 2 aliphatic rings. The highest BCUT2D eigenvalue weighted by atomic mass is 14.4. The summed E-state index contributed by atoms with van der Waals surface area (Å²) in [4.78, 5) is 0. The van der Waals surface area contributed by atoms with Gasteiger partial charge in [-0.05, 0) is 137 Å². The van der Waals surface area contributed by atoms with E-state index < -0.39 is 0 Å². The molecule has 58 heavy (non-hydrogen) atoms. The molecule has 0 atom stereocenters. The molecule has 0 saturated carbocycles. The molecule has 0 fully saturated rings. The van der Waals surface area contributed by atoms with Crippen molar-refractivity contribution >= 4 is 64.6 Å². The smallest absolute Gasteiger partial charge is 0.0159 e. The maximum absolute atomic E-state index is 2.58. The highest BCUT2D eigenvalue weighted by Gasteiger charge is 2.42. The minimum Gasteiger partial charge on any atom is -0.0619 e. The average Bonchev–Trinajstić information content (AvgIpc) is 3.64. The Morgan fingerprint density at radius 3 is 1.33 bits per heavy atom. The van der Waals surface area contributed by atoms with Crippen molar-refractivity contribution in [2.45, 2.75) is 38.5 Å². The third kappa shape index (κ3) is 3.91. The SMILES string of the molecule is CC1(C)c2ccccc2-c2c1ccc1c(-c3c4ccccc4c(-c4ccc5ccc6cccc7ccc4c5c67)c4ccccc34)cc3c(c21)-c1ccccc1C3(C)C. The van der Waals surface area contributed by atoms with E-state index in [1.807, 2.05) is 0 Å². The van der Waals surface area contributed by atoms with Crippen LogP contribution in [0, 0.1) is 0 Å². The average molecular weight is 737 g/mol. The van der Waals surface area contributed by atoms with Gasteiger partial charge in [0.25, 0.3) is 0 Å². The number of hydrogen-bond acceptors (Lipinski definition) is 0. The van der Waals surface area contributed by atoms with Gasteiger partial charge in [0.15, 0.2) is 0 Å². The van der Waals surface area contributed by atoms with Crippen LogP contribution in [0.3, 0.4) is 0 Å². The van der Waals surface area contributed by atoms with Gasteiger partial charge in [-0.3, -0.25) is 0 Å². The summed E-state index contributed by atoms with van der Waals surface area (Å²) in [6.45, 7) is 9.68. The zero-order valence-corrected chi connectivity index (χ0v) is 33.2. The molecule has 0 nitrogen and oxygen atoms in total. The zero-order chi connectivity index (χ0) is 38.7. The summed E-state index contributed by atoms with van der Waals surface area (Å²) in [5.74, 6) is 0. The molecule has 0 aromatic heterocycles. The largest absolute Gasteiger partial charge is 0.0619 e. The van der Waals surface area contributed by atoms with Crippen LogP contribution in [-0.4, -0.2) is 0 Å². The molecule has 0 spiro atoms. The van der Waals surface area contributed by atoms with E-state index in [1.54, 1.807) is 0 Å². The molecule has 272 valence electrons. The van der Waals surface area contributed by atoms with Crippen molar-refractivity contribution < 1.29 is 0 Å². The number of fused-ring (bicyclic) bond motifs is 11. The normalized spacial score (nSPS) is 14.8. The van der Waals surface area contributed by atoms with Crippen LogP contribution >= 0.6 is 0 Å². The molecular weight excluding hydrogens is 697 g/mol. The van der Waals surface area contributed by atoms with Gasteiger partial charge in [0.05, 0.1) is 0 Å². The van der Waals surface area contributed by atoms with E-state index in [-0.39, 0.29) is 10.8 Å². The Morgan fingerprint density at radius 1 is 0.259 bits per heavy atom. The quantitative estimate of drug-likeness (QED) is 0.122. The van der Waals surface area contributed by atoms with Crippen LogP contribution in [0.25, 0.3) is 109 Å². The molecule has 0 heterocycles. The molecule has 0 radical (unpaired) electrons. The lowest BCUT2D eigenvalue weighted by molar-refractivity contribution is 0.660. The Kier molecular flexibility index (Phi) is 6.13. The van der Waals surface area contributed by atoms with Crippen LogP contribution in [0.1, 0.15) is 49.9 Å². The number of benzene rings is 11. The van der Waals surface area contributed by atoms with Gasteiger partial charge < -0.3 is 0 Å². The summed E-state index contributed by atoms with van der Waals surface area (Å²) >= 11 is 0. The first-order valence-electron chi connectivity index (χ1n) is 20.8. The molecule has 0 bridgehead atoms. The molecule has 11 aromatic carbocycles. The predicted molar refractivity (Wildman–Crippen MR) is 249 cm³/mol. The van der Waals surface area contributed by atoms with Gasteiger partial charge in [0.2, 0.25) is 0 Å². The van der Waals surface area contributed by atoms with Crippen LogP contribution in [-0.2, 0) is 10.8 Å². The van der Waals surface area contributed by atoms with Crippen LogP contribution in [0.5, 0.6) is 0 Å². The molecule has 0 N–H and O–H groups in total. The molecule has 0 aliphatic heterocycles. The molecular formula is C58H40. The minimum absolute atomic E-state index is 0.0988. The van der Waals surface area contributed by atoms with E-state index in [0.29, 0.717) is 0 Å². The number of hydrogen-bond donors (Lipinski definition) is 0. The van der Waals surface area contributed by atoms with Crippen LogP contribution in [0.2, 0.25) is 0 Å². The lowest BCUT2D eigenvalue weighted by atomic mass is 9.77. The monoisotopic (exact) mass is 736 g/mol. The topological polar surface area (TPSA) is 0 Å². The fourth-order valence-corrected chi connectivity index (χ4v) is 11.7. The molecule has 11 aromatic rings. The highest BCUT2D eigenvalue weighted by Crippen LogP contribution is 2.60. The van der Waals surface area contributed by atoms with E-state index in [4.69, 9.17) is 0 Å².